The molecule has 0 aromatic heterocycles. The van der Waals surface area contributed by atoms with Crippen LogP contribution >= 0.6 is 0 Å². The number of carbonyl (C=O) groups excluding carboxylic acids is 4. The van der Waals surface area contributed by atoms with Crippen LogP contribution in [-0.4, -0.2) is 122 Å². The molecule has 350 valence electrons. The molecule has 5 N–H and O–H groups in total. The van der Waals surface area contributed by atoms with Gasteiger partial charge in [0, 0.05) is 106 Å². The maximum atomic E-state index is 15.0. The Morgan fingerprint density at radius 1 is 0.984 bits per heavy atom. The van der Waals surface area contributed by atoms with E-state index in [4.69, 9.17) is 23.9 Å². The summed E-state index contributed by atoms with van der Waals surface area (Å²) in [6.45, 7) is 20.5. The summed E-state index contributed by atoms with van der Waals surface area (Å²) in [5, 5.41) is 50.1. The summed E-state index contributed by atoms with van der Waals surface area (Å²) < 4.78 is 24.2. The summed E-state index contributed by atoms with van der Waals surface area (Å²) in [6.07, 6.45) is 3.02. The molecule has 5 bridgehead atoms. The Kier molecular flexibility index (Phi) is 14.1. The van der Waals surface area contributed by atoms with Crippen molar-refractivity contribution in [1.29, 1.82) is 0 Å². The number of fused-ring (bicyclic) bond motifs is 3. The quantitative estimate of drug-likeness (QED) is 0.259. The van der Waals surface area contributed by atoms with Crippen molar-refractivity contribution in [3.63, 3.8) is 0 Å². The van der Waals surface area contributed by atoms with Gasteiger partial charge in [-0.05, 0) is 25.8 Å². The number of phenolic OH excluding ortho intramolecular Hbond substituents is 1. The minimum atomic E-state index is -1.85. The number of nitrogens with one attached hydrogen (secondary N) is 1. The SMILES string of the molecule is COC1/C=C\OC2(C)Oc3c(C)c(O)c4c(c3C2O)C2=NC3(CCN(CC(C)C)CC3)N(C(C)=O)C2=C(NC(=O)/C(C)=C/C=C\C(C)C(O)C(C)C(O)C(C)C(OC(C)=O)C1C)C4=O. The van der Waals surface area contributed by atoms with E-state index in [1.54, 1.807) is 52.8 Å². The molecule has 4 aliphatic heterocycles. The summed E-state index contributed by atoms with van der Waals surface area (Å²) in [6, 6.07) is 0. The fourth-order valence-corrected chi connectivity index (χ4v) is 10.0. The third-order valence-electron chi connectivity index (χ3n) is 13.7. The van der Waals surface area contributed by atoms with Crippen molar-refractivity contribution < 1.29 is 58.6 Å². The average Bonchev–Trinajstić information content (AvgIpc) is 3.71. The molecule has 2 amide bonds. The van der Waals surface area contributed by atoms with Crippen molar-refractivity contribution in [3.05, 3.63) is 69.8 Å². The summed E-state index contributed by atoms with van der Waals surface area (Å²) in [5.41, 5.74) is -0.951. The van der Waals surface area contributed by atoms with Crippen LogP contribution < -0.4 is 10.1 Å². The zero-order valence-corrected chi connectivity index (χ0v) is 39.1. The van der Waals surface area contributed by atoms with Gasteiger partial charge in [0.2, 0.25) is 11.7 Å². The van der Waals surface area contributed by atoms with Gasteiger partial charge in [-0.2, -0.15) is 0 Å². The molecule has 10 unspecified atom stereocenters. The van der Waals surface area contributed by atoms with Gasteiger partial charge in [-0.3, -0.25) is 29.1 Å². The Morgan fingerprint density at radius 2 is 1.64 bits per heavy atom. The first-order valence-corrected chi connectivity index (χ1v) is 22.3. The Hall–Kier alpha value is -4.87. The van der Waals surface area contributed by atoms with Gasteiger partial charge in [-0.1, -0.05) is 59.8 Å². The number of amides is 2. The van der Waals surface area contributed by atoms with Gasteiger partial charge in [0.15, 0.2) is 6.10 Å². The number of likely N-dealkylation sites (tertiary alicyclic amines) is 1. The van der Waals surface area contributed by atoms with Crippen LogP contribution in [-0.2, 0) is 28.6 Å². The van der Waals surface area contributed by atoms with E-state index in [-0.39, 0.29) is 50.7 Å². The zero-order valence-electron chi connectivity index (χ0n) is 39.1. The van der Waals surface area contributed by atoms with Crippen LogP contribution in [0.4, 0.5) is 0 Å². The number of carbonyl (C=O) groups is 4. The lowest BCUT2D eigenvalue weighted by atomic mass is 9.78. The lowest BCUT2D eigenvalue weighted by molar-refractivity contribution is -0.181. The monoisotopic (exact) mass is 890 g/mol. The van der Waals surface area contributed by atoms with Crippen LogP contribution in [0.25, 0.3) is 0 Å². The number of hydrogen-bond donors (Lipinski definition) is 5. The predicted octanol–water partition coefficient (Wildman–Crippen LogP) is 4.73. The number of ether oxygens (including phenoxy) is 4. The van der Waals surface area contributed by atoms with Crippen molar-refractivity contribution in [2.75, 3.05) is 26.7 Å². The highest BCUT2D eigenvalue weighted by Crippen LogP contribution is 2.55. The zero-order chi connectivity index (χ0) is 47.3. The molecule has 1 aromatic carbocycles. The Labute approximate surface area is 375 Å². The molecule has 16 heteroatoms. The second-order valence-electron chi connectivity index (χ2n) is 18.9. The maximum Gasteiger partial charge on any atom is 0.302 e. The van der Waals surface area contributed by atoms with Crippen molar-refractivity contribution >= 4 is 29.3 Å². The molecule has 0 radical (unpaired) electrons. The maximum absolute atomic E-state index is 15.0. The Morgan fingerprint density at radius 3 is 2.23 bits per heavy atom. The third-order valence-corrected chi connectivity index (χ3v) is 13.7. The normalized spacial score (nSPS) is 34.1. The molecule has 1 saturated heterocycles. The molecule has 64 heavy (non-hydrogen) atoms. The van der Waals surface area contributed by atoms with Gasteiger partial charge in [-0.25, -0.2) is 0 Å². The number of aliphatic imine (C=N–C) groups is 1. The number of esters is 1. The number of phenols is 1. The first-order valence-electron chi connectivity index (χ1n) is 22.3. The van der Waals surface area contributed by atoms with Crippen molar-refractivity contribution in [2.45, 2.75) is 131 Å². The number of piperidine rings is 1. The van der Waals surface area contributed by atoms with Crippen LogP contribution in [0.2, 0.25) is 0 Å². The molecule has 5 aliphatic rings. The fraction of sp³-hybridized carbons (Fsp3) is 0.604. The number of allylic oxidation sites excluding steroid dienone is 4. The molecular formula is C48H66N4O12. The minimum Gasteiger partial charge on any atom is -0.507 e. The van der Waals surface area contributed by atoms with E-state index in [9.17, 15) is 34.8 Å². The van der Waals surface area contributed by atoms with Gasteiger partial charge in [0.25, 0.3) is 11.7 Å². The second kappa shape index (κ2) is 18.6. The van der Waals surface area contributed by atoms with Crippen molar-refractivity contribution in [1.82, 2.24) is 15.1 Å². The highest BCUT2D eigenvalue weighted by atomic mass is 16.7. The molecule has 6 rings (SSSR count). The van der Waals surface area contributed by atoms with Crippen LogP contribution in [0.15, 0.2) is 52.5 Å². The van der Waals surface area contributed by atoms with E-state index in [0.29, 0.717) is 31.8 Å². The van der Waals surface area contributed by atoms with E-state index < -0.39 is 95.0 Å². The number of aliphatic hydroxyl groups excluding tert-OH is 3. The Bertz CT molecular complexity index is 2200. The van der Waals surface area contributed by atoms with Crippen molar-refractivity contribution in [3.8, 4) is 11.5 Å². The lowest BCUT2D eigenvalue weighted by Crippen LogP contribution is -2.54. The summed E-state index contributed by atoms with van der Waals surface area (Å²) in [7, 11) is 1.46. The highest BCUT2D eigenvalue weighted by Gasteiger charge is 2.57. The van der Waals surface area contributed by atoms with Crippen LogP contribution in [0.1, 0.15) is 115 Å². The first-order chi connectivity index (χ1) is 30.0. The standard InChI is InChI=1S/C48H66N4O12/c1-23(2)22-51-19-17-48(18-20-51)50-36-33-34-41(57)29(8)44-35(33)45(59)47(11,64-44)62-21-16-32(61-12)26(5)43(63-31(10)54)28(7)40(56)27(6)39(55)24(3)14-13-15-25(4)46(60)49-37(42(34)58)38(36)52(48)30(9)53/h13-16,21,23-24,26-28,32,39-40,43,45,55-57,59H,17-20,22H2,1-12H3,(H,49,60)/b14-13-,21-16-,25-15+. The number of methoxy groups -OCH3 is 1. The summed E-state index contributed by atoms with van der Waals surface area (Å²) in [5.74, 6) is -6.77. The van der Waals surface area contributed by atoms with Gasteiger partial charge in [-0.15, -0.1) is 0 Å². The summed E-state index contributed by atoms with van der Waals surface area (Å²) in [4.78, 5) is 64.6. The largest absolute Gasteiger partial charge is 0.507 e. The number of Topliss-reactive ketones (excluding diaryl/α,β-unsaturated/α-hetero) is 1. The number of benzene rings is 1. The molecule has 1 spiro atoms. The number of rotatable bonds is 4. The molecule has 4 heterocycles. The first kappa shape index (κ1) is 48.6. The number of aliphatic hydroxyl groups is 3. The number of aromatic hydroxyl groups is 1. The van der Waals surface area contributed by atoms with Gasteiger partial charge in [0.05, 0.1) is 41.5 Å². The molecular weight excluding hydrogens is 825 g/mol. The van der Waals surface area contributed by atoms with Gasteiger partial charge < -0.3 is 49.6 Å². The lowest BCUT2D eigenvalue weighted by Gasteiger charge is -2.43. The van der Waals surface area contributed by atoms with E-state index in [1.807, 2.05) is 0 Å². The fourth-order valence-electron chi connectivity index (χ4n) is 10.0. The van der Waals surface area contributed by atoms with Crippen LogP contribution in [0.5, 0.6) is 11.5 Å². The molecule has 0 saturated carbocycles. The van der Waals surface area contributed by atoms with E-state index >= 15 is 4.79 Å². The van der Waals surface area contributed by atoms with E-state index in [2.05, 4.69) is 24.1 Å². The minimum absolute atomic E-state index is 0.0540. The average molecular weight is 891 g/mol. The topological polar surface area (TPSA) is 217 Å². The van der Waals surface area contributed by atoms with Crippen LogP contribution in [0, 0.1) is 36.5 Å². The predicted molar refractivity (Wildman–Crippen MR) is 237 cm³/mol. The number of hydrogen-bond acceptors (Lipinski definition) is 14. The van der Waals surface area contributed by atoms with Crippen molar-refractivity contribution in [2.24, 2.45) is 34.6 Å². The van der Waals surface area contributed by atoms with E-state index in [1.165, 1.54) is 52.0 Å². The van der Waals surface area contributed by atoms with E-state index in [0.717, 1.165) is 6.54 Å². The second-order valence-corrected chi connectivity index (χ2v) is 18.9. The number of ketones is 1. The molecule has 1 fully saturated rings. The Balaban J connectivity index is 1.55. The molecule has 16 nitrogen and oxygen atoms in total. The molecule has 10 atom stereocenters. The van der Waals surface area contributed by atoms with Gasteiger partial charge in [0.1, 0.15) is 29.0 Å². The highest BCUT2D eigenvalue weighted by molar-refractivity contribution is 6.32. The number of nitrogens with zero attached hydrogens (tertiary/aromatic N) is 3. The van der Waals surface area contributed by atoms with Crippen LogP contribution in [0.3, 0.4) is 0 Å². The smallest absolute Gasteiger partial charge is 0.302 e. The summed E-state index contributed by atoms with van der Waals surface area (Å²) >= 11 is 0. The third kappa shape index (κ3) is 8.66. The molecule has 1 aliphatic carbocycles. The molecule has 1 aromatic rings. The van der Waals surface area contributed by atoms with Gasteiger partial charge >= 0.3 is 5.97 Å².